The molecule has 1 aliphatic heterocycles. The van der Waals surface area contributed by atoms with Crippen LogP contribution >= 0.6 is 0 Å². The van der Waals surface area contributed by atoms with Crippen molar-refractivity contribution in [1.29, 1.82) is 0 Å². The van der Waals surface area contributed by atoms with Crippen molar-refractivity contribution in [3.63, 3.8) is 0 Å². The third-order valence-corrected chi connectivity index (χ3v) is 3.49. The normalized spacial score (nSPS) is 29.3. The van der Waals surface area contributed by atoms with Gasteiger partial charge in [0.1, 0.15) is 18.3 Å². The Hall–Kier alpha value is -2.01. The van der Waals surface area contributed by atoms with Gasteiger partial charge in [0.15, 0.2) is 17.4 Å². The summed E-state index contributed by atoms with van der Waals surface area (Å²) >= 11 is 0. The molecule has 0 amide bonds. The Balaban J connectivity index is 2.10. The van der Waals surface area contributed by atoms with E-state index in [2.05, 4.69) is 15.0 Å². The molecule has 21 heavy (non-hydrogen) atoms. The first-order chi connectivity index (χ1) is 10.1. The predicted molar refractivity (Wildman–Crippen MR) is 70.4 cm³/mol. The molecule has 4 atom stereocenters. The minimum atomic E-state index is -1.01. The molecule has 5 N–H and O–H groups in total. The molecule has 0 radical (unpaired) electrons. The quantitative estimate of drug-likeness (QED) is 0.506. The molecule has 2 aromatic rings. The fourth-order valence-electron chi connectivity index (χ4n) is 2.48. The largest absolute Gasteiger partial charge is 0.394 e. The molecule has 10 nitrogen and oxygen atoms in total. The summed E-state index contributed by atoms with van der Waals surface area (Å²) in [5.41, 5.74) is 5.38. The van der Waals surface area contributed by atoms with E-state index >= 15 is 0 Å². The lowest BCUT2D eigenvalue weighted by Gasteiger charge is -2.19. The van der Waals surface area contributed by atoms with Crippen molar-refractivity contribution in [1.82, 2.24) is 19.5 Å². The summed E-state index contributed by atoms with van der Waals surface area (Å²) in [5, 5.41) is 19.3. The fraction of sp³-hybridized carbons (Fsp3) is 0.545. The summed E-state index contributed by atoms with van der Waals surface area (Å²) in [5.74, 6) is -0.0551. The van der Waals surface area contributed by atoms with E-state index in [-0.39, 0.29) is 23.7 Å². The SMILES string of the molecule is COC1C(n2cnc3c(=O)[nH]c(N)nc32)OC(CO)[C@@H]1O. The number of imidazole rings is 1. The highest BCUT2D eigenvalue weighted by Crippen LogP contribution is 2.32. The van der Waals surface area contributed by atoms with Crippen molar-refractivity contribution >= 4 is 17.1 Å². The van der Waals surface area contributed by atoms with Gasteiger partial charge in [0, 0.05) is 7.11 Å². The van der Waals surface area contributed by atoms with Crippen LogP contribution < -0.4 is 11.3 Å². The molecule has 3 heterocycles. The first kappa shape index (κ1) is 13.9. The molecule has 10 heteroatoms. The molecule has 1 aliphatic rings. The molecule has 0 bridgehead atoms. The van der Waals surface area contributed by atoms with E-state index < -0.39 is 30.1 Å². The van der Waals surface area contributed by atoms with Gasteiger partial charge >= 0.3 is 0 Å². The Morgan fingerprint density at radius 1 is 1.62 bits per heavy atom. The van der Waals surface area contributed by atoms with Crippen molar-refractivity contribution < 1.29 is 19.7 Å². The van der Waals surface area contributed by atoms with Crippen LogP contribution in [0, 0.1) is 0 Å². The number of anilines is 1. The zero-order valence-corrected chi connectivity index (χ0v) is 11.1. The summed E-state index contributed by atoms with van der Waals surface area (Å²) in [7, 11) is 1.41. The number of nitrogen functional groups attached to an aromatic ring is 1. The van der Waals surface area contributed by atoms with E-state index in [0.29, 0.717) is 0 Å². The zero-order valence-electron chi connectivity index (χ0n) is 11.1. The number of methoxy groups -OCH3 is 1. The van der Waals surface area contributed by atoms with Crippen molar-refractivity contribution in [3.05, 3.63) is 16.7 Å². The highest BCUT2D eigenvalue weighted by atomic mass is 16.6. The van der Waals surface area contributed by atoms with Crippen LogP contribution in [0.5, 0.6) is 0 Å². The number of nitrogens with two attached hydrogens (primary N) is 1. The molecule has 0 saturated carbocycles. The van der Waals surface area contributed by atoms with Crippen LogP contribution in [0.15, 0.2) is 11.1 Å². The Kier molecular flexibility index (Phi) is 3.37. The monoisotopic (exact) mass is 297 g/mol. The lowest BCUT2D eigenvalue weighted by atomic mass is 10.1. The van der Waals surface area contributed by atoms with Crippen LogP contribution in [0.25, 0.3) is 11.2 Å². The maximum Gasteiger partial charge on any atom is 0.280 e. The maximum atomic E-state index is 11.8. The van der Waals surface area contributed by atoms with Crippen molar-refractivity contribution in [3.8, 4) is 0 Å². The van der Waals surface area contributed by atoms with Crippen molar-refractivity contribution in [2.75, 3.05) is 19.5 Å². The van der Waals surface area contributed by atoms with Crippen molar-refractivity contribution in [2.24, 2.45) is 0 Å². The van der Waals surface area contributed by atoms with Gasteiger partial charge in [-0.1, -0.05) is 0 Å². The predicted octanol–water partition coefficient (Wildman–Crippen LogP) is -2.03. The van der Waals surface area contributed by atoms with E-state index in [9.17, 15) is 15.0 Å². The van der Waals surface area contributed by atoms with Crippen LogP contribution in [0.1, 0.15) is 6.23 Å². The second-order valence-corrected chi connectivity index (χ2v) is 4.71. The molecule has 3 unspecified atom stereocenters. The summed E-state index contributed by atoms with van der Waals surface area (Å²) in [4.78, 5) is 22.1. The number of hydrogen-bond donors (Lipinski definition) is 4. The van der Waals surface area contributed by atoms with Gasteiger partial charge in [-0.25, -0.2) is 4.98 Å². The van der Waals surface area contributed by atoms with Gasteiger partial charge in [-0.15, -0.1) is 0 Å². The van der Waals surface area contributed by atoms with Crippen LogP contribution in [0.3, 0.4) is 0 Å². The number of rotatable bonds is 3. The lowest BCUT2D eigenvalue weighted by molar-refractivity contribution is -0.0583. The average molecular weight is 297 g/mol. The van der Waals surface area contributed by atoms with E-state index in [1.807, 2.05) is 0 Å². The molecule has 0 aromatic carbocycles. The highest BCUT2D eigenvalue weighted by molar-refractivity contribution is 5.70. The number of aromatic amines is 1. The topological polar surface area (TPSA) is 149 Å². The van der Waals surface area contributed by atoms with Crippen LogP contribution in [-0.2, 0) is 9.47 Å². The first-order valence-corrected chi connectivity index (χ1v) is 6.26. The number of hydrogen-bond acceptors (Lipinski definition) is 8. The minimum Gasteiger partial charge on any atom is -0.394 e. The van der Waals surface area contributed by atoms with Gasteiger partial charge in [0.25, 0.3) is 5.56 Å². The standard InChI is InChI=1S/C11H15N5O5/c1-20-7-6(18)4(2-17)21-10(7)16-3-13-5-8(16)14-11(12)15-9(5)19/h3-4,6-7,10,17-18H,2H2,1H3,(H3,12,14,15,19)/t4?,6-,7?,10?/m0/s1. The summed E-state index contributed by atoms with van der Waals surface area (Å²) in [6, 6.07) is 0. The molecule has 114 valence electrons. The molecule has 1 fully saturated rings. The fourth-order valence-corrected chi connectivity index (χ4v) is 2.48. The second kappa shape index (κ2) is 5.07. The van der Waals surface area contributed by atoms with E-state index in [1.165, 1.54) is 18.0 Å². The van der Waals surface area contributed by atoms with E-state index in [1.54, 1.807) is 0 Å². The first-order valence-electron chi connectivity index (χ1n) is 6.26. The summed E-state index contributed by atoms with van der Waals surface area (Å²) in [6.45, 7) is -0.361. The smallest absolute Gasteiger partial charge is 0.280 e. The Morgan fingerprint density at radius 2 is 2.38 bits per heavy atom. The summed E-state index contributed by atoms with van der Waals surface area (Å²) in [6.07, 6.45) is -1.96. The van der Waals surface area contributed by atoms with Gasteiger partial charge in [0.2, 0.25) is 5.95 Å². The second-order valence-electron chi connectivity index (χ2n) is 4.71. The number of aromatic nitrogens is 4. The third kappa shape index (κ3) is 2.08. The van der Waals surface area contributed by atoms with E-state index in [4.69, 9.17) is 15.2 Å². The minimum absolute atomic E-state index is 0.0551. The number of H-pyrrole nitrogens is 1. The van der Waals surface area contributed by atoms with Gasteiger partial charge in [-0.05, 0) is 0 Å². The Morgan fingerprint density at radius 3 is 3.05 bits per heavy atom. The highest BCUT2D eigenvalue weighted by Gasteiger charge is 2.45. The van der Waals surface area contributed by atoms with Gasteiger partial charge in [-0.2, -0.15) is 4.98 Å². The number of aliphatic hydroxyl groups is 2. The average Bonchev–Trinajstić information content (AvgIpc) is 2.99. The lowest BCUT2D eigenvalue weighted by Crippen LogP contribution is -2.34. The van der Waals surface area contributed by atoms with Crippen LogP contribution in [0.4, 0.5) is 5.95 Å². The molecular formula is C11H15N5O5. The number of aliphatic hydroxyl groups excluding tert-OH is 2. The maximum absolute atomic E-state index is 11.8. The van der Waals surface area contributed by atoms with Gasteiger partial charge in [-0.3, -0.25) is 14.3 Å². The number of fused-ring (bicyclic) bond motifs is 1. The van der Waals surface area contributed by atoms with Crippen LogP contribution in [0.2, 0.25) is 0 Å². The molecule has 0 aliphatic carbocycles. The molecule has 0 spiro atoms. The number of nitrogens with zero attached hydrogens (tertiary/aromatic N) is 3. The molecule has 2 aromatic heterocycles. The summed E-state index contributed by atoms with van der Waals surface area (Å²) < 4.78 is 12.2. The number of nitrogens with one attached hydrogen (secondary N) is 1. The molecular weight excluding hydrogens is 282 g/mol. The Labute approximate surface area is 118 Å². The van der Waals surface area contributed by atoms with Gasteiger partial charge < -0.3 is 25.4 Å². The molecule has 3 rings (SSSR count). The number of ether oxygens (including phenoxy) is 2. The Bertz CT molecular complexity index is 713. The third-order valence-electron chi connectivity index (χ3n) is 3.49. The van der Waals surface area contributed by atoms with Crippen LogP contribution in [-0.4, -0.2) is 61.8 Å². The van der Waals surface area contributed by atoms with Gasteiger partial charge in [0.05, 0.1) is 12.9 Å². The van der Waals surface area contributed by atoms with E-state index in [0.717, 1.165) is 0 Å². The zero-order chi connectivity index (χ0) is 15.1. The van der Waals surface area contributed by atoms with Crippen molar-refractivity contribution in [2.45, 2.75) is 24.5 Å². The molecule has 1 saturated heterocycles.